The van der Waals surface area contributed by atoms with E-state index in [0.717, 1.165) is 0 Å². The van der Waals surface area contributed by atoms with Crippen LogP contribution in [0.2, 0.25) is 0 Å². The van der Waals surface area contributed by atoms with Crippen LogP contribution in [0.1, 0.15) is 16.3 Å². The van der Waals surface area contributed by atoms with Gasteiger partial charge < -0.3 is 15.0 Å². The predicted octanol–water partition coefficient (Wildman–Crippen LogP) is 2.47. The van der Waals surface area contributed by atoms with Gasteiger partial charge in [-0.3, -0.25) is 0 Å². The van der Waals surface area contributed by atoms with Crippen LogP contribution in [0.4, 0.5) is 4.39 Å². The third kappa shape index (κ3) is 3.11. The number of thioether (sulfide) groups is 1. The van der Waals surface area contributed by atoms with Gasteiger partial charge in [-0.15, -0.1) is 10.2 Å². The van der Waals surface area contributed by atoms with Crippen LogP contribution in [0.15, 0.2) is 46.0 Å². The Labute approximate surface area is 140 Å². The van der Waals surface area contributed by atoms with E-state index in [0.29, 0.717) is 16.7 Å². The molecule has 9 heteroatoms. The molecule has 0 aliphatic heterocycles. The first-order valence-corrected chi connectivity index (χ1v) is 7.84. The van der Waals surface area contributed by atoms with Crippen molar-refractivity contribution in [1.82, 2.24) is 14.9 Å². The Morgan fingerprint density at radius 3 is 2.88 bits per heavy atom. The monoisotopic (exact) mass is 348 g/mol. The minimum atomic E-state index is -0.546. The standard InChI is InChI=1S/C15H13FN4O3S/c1-22-14(21)12-7-6-9(23-12)8-24-15-19-18-13(20(15)17)10-4-2-3-5-11(10)16/h2-7H,8,17H2,1H3. The summed E-state index contributed by atoms with van der Waals surface area (Å²) in [5, 5.41) is 8.28. The summed E-state index contributed by atoms with van der Waals surface area (Å²) in [6.07, 6.45) is 0. The van der Waals surface area contributed by atoms with Crippen molar-refractivity contribution in [2.24, 2.45) is 0 Å². The molecule has 24 heavy (non-hydrogen) atoms. The summed E-state index contributed by atoms with van der Waals surface area (Å²) in [4.78, 5) is 11.3. The van der Waals surface area contributed by atoms with Gasteiger partial charge in [0.1, 0.15) is 11.6 Å². The lowest BCUT2D eigenvalue weighted by molar-refractivity contribution is 0.0563. The molecule has 2 N–H and O–H groups in total. The van der Waals surface area contributed by atoms with E-state index in [2.05, 4.69) is 14.9 Å². The average Bonchev–Trinajstić information content (AvgIpc) is 3.20. The van der Waals surface area contributed by atoms with Gasteiger partial charge in [-0.1, -0.05) is 23.9 Å². The summed E-state index contributed by atoms with van der Waals surface area (Å²) >= 11 is 1.25. The highest BCUT2D eigenvalue weighted by Crippen LogP contribution is 2.26. The lowest BCUT2D eigenvalue weighted by Gasteiger charge is -2.03. The summed E-state index contributed by atoms with van der Waals surface area (Å²) in [6.45, 7) is 0. The van der Waals surface area contributed by atoms with Crippen LogP contribution in [0.3, 0.4) is 0 Å². The Kier molecular flexibility index (Phi) is 4.52. The predicted molar refractivity (Wildman–Crippen MR) is 85.2 cm³/mol. The molecule has 0 amide bonds. The Bertz CT molecular complexity index is 877. The van der Waals surface area contributed by atoms with E-state index in [4.69, 9.17) is 10.3 Å². The van der Waals surface area contributed by atoms with E-state index in [-0.39, 0.29) is 17.1 Å². The number of rotatable bonds is 5. The molecule has 0 fully saturated rings. The lowest BCUT2D eigenvalue weighted by atomic mass is 10.2. The number of methoxy groups -OCH3 is 1. The molecular formula is C15H13FN4O3S. The molecular weight excluding hydrogens is 335 g/mol. The normalized spacial score (nSPS) is 10.8. The molecule has 0 saturated heterocycles. The van der Waals surface area contributed by atoms with Crippen LogP contribution in [0, 0.1) is 5.82 Å². The quantitative estimate of drug-likeness (QED) is 0.430. The maximum Gasteiger partial charge on any atom is 0.373 e. The number of halogens is 1. The summed E-state index contributed by atoms with van der Waals surface area (Å²) < 4.78 is 25.0. The van der Waals surface area contributed by atoms with Gasteiger partial charge in [-0.2, -0.15) is 0 Å². The lowest BCUT2D eigenvalue weighted by Crippen LogP contribution is -2.12. The zero-order valence-corrected chi connectivity index (χ0v) is 13.4. The number of carbonyl (C=O) groups is 1. The van der Waals surface area contributed by atoms with Crippen molar-refractivity contribution in [1.29, 1.82) is 0 Å². The first kappa shape index (κ1) is 16.1. The van der Waals surface area contributed by atoms with Crippen molar-refractivity contribution in [3.8, 4) is 11.4 Å². The fourth-order valence-corrected chi connectivity index (χ4v) is 2.75. The highest BCUT2D eigenvalue weighted by Gasteiger charge is 2.16. The second kappa shape index (κ2) is 6.75. The minimum absolute atomic E-state index is 0.120. The molecule has 0 atom stereocenters. The van der Waals surface area contributed by atoms with Crippen molar-refractivity contribution in [2.45, 2.75) is 10.9 Å². The van der Waals surface area contributed by atoms with E-state index in [1.807, 2.05) is 0 Å². The largest absolute Gasteiger partial charge is 0.463 e. The van der Waals surface area contributed by atoms with E-state index >= 15 is 0 Å². The zero-order chi connectivity index (χ0) is 17.1. The molecule has 7 nitrogen and oxygen atoms in total. The number of hydrogen-bond acceptors (Lipinski definition) is 7. The van der Waals surface area contributed by atoms with Gasteiger partial charge in [0.25, 0.3) is 0 Å². The second-order valence-electron chi connectivity index (χ2n) is 4.70. The summed E-state index contributed by atoms with van der Waals surface area (Å²) in [7, 11) is 1.28. The van der Waals surface area contributed by atoms with Crippen LogP contribution in [0.5, 0.6) is 0 Å². The number of carbonyl (C=O) groups excluding carboxylic acids is 1. The van der Waals surface area contributed by atoms with E-state index in [1.54, 1.807) is 24.3 Å². The number of furan rings is 1. The number of hydrogen-bond donors (Lipinski definition) is 1. The number of ether oxygens (including phenoxy) is 1. The topological polar surface area (TPSA) is 96.2 Å². The van der Waals surface area contributed by atoms with Crippen molar-refractivity contribution in [3.63, 3.8) is 0 Å². The number of esters is 1. The molecule has 0 spiro atoms. The smallest absolute Gasteiger partial charge is 0.373 e. The number of aromatic nitrogens is 3. The fourth-order valence-electron chi connectivity index (χ4n) is 2.00. The molecule has 3 rings (SSSR count). The minimum Gasteiger partial charge on any atom is -0.463 e. The Morgan fingerprint density at radius 1 is 1.33 bits per heavy atom. The number of nitrogen functional groups attached to an aromatic ring is 1. The molecule has 124 valence electrons. The Morgan fingerprint density at radius 2 is 2.12 bits per heavy atom. The highest BCUT2D eigenvalue weighted by molar-refractivity contribution is 7.98. The molecule has 0 saturated carbocycles. The van der Waals surface area contributed by atoms with Crippen molar-refractivity contribution >= 4 is 17.7 Å². The highest BCUT2D eigenvalue weighted by atomic mass is 32.2. The number of nitrogens with zero attached hydrogens (tertiary/aromatic N) is 3. The zero-order valence-electron chi connectivity index (χ0n) is 12.6. The maximum absolute atomic E-state index is 13.8. The average molecular weight is 348 g/mol. The van der Waals surface area contributed by atoms with E-state index in [9.17, 15) is 9.18 Å². The third-order valence-electron chi connectivity index (χ3n) is 3.17. The van der Waals surface area contributed by atoms with E-state index in [1.165, 1.54) is 35.7 Å². The van der Waals surface area contributed by atoms with Gasteiger partial charge in [0, 0.05) is 0 Å². The van der Waals surface area contributed by atoms with Crippen LogP contribution in [-0.2, 0) is 10.5 Å². The maximum atomic E-state index is 13.8. The third-order valence-corrected chi connectivity index (χ3v) is 4.14. The SMILES string of the molecule is COC(=O)c1ccc(CSc2nnc(-c3ccccc3F)n2N)o1. The van der Waals surface area contributed by atoms with Gasteiger partial charge >= 0.3 is 5.97 Å². The van der Waals surface area contributed by atoms with Crippen molar-refractivity contribution < 1.29 is 18.3 Å². The van der Waals surface area contributed by atoms with Crippen molar-refractivity contribution in [3.05, 3.63) is 53.7 Å². The molecule has 1 aromatic carbocycles. The molecule has 0 aliphatic carbocycles. The fraction of sp³-hybridized carbons (Fsp3) is 0.133. The molecule has 0 unspecified atom stereocenters. The van der Waals surface area contributed by atoms with E-state index < -0.39 is 11.8 Å². The molecule has 0 aliphatic rings. The Balaban J connectivity index is 1.74. The van der Waals surface area contributed by atoms with Gasteiger partial charge in [-0.05, 0) is 24.3 Å². The molecule has 3 aromatic rings. The van der Waals surface area contributed by atoms with Gasteiger partial charge in [-0.25, -0.2) is 13.9 Å². The molecule has 0 radical (unpaired) electrons. The number of benzene rings is 1. The first-order chi connectivity index (χ1) is 11.6. The van der Waals surface area contributed by atoms with Crippen molar-refractivity contribution in [2.75, 3.05) is 13.0 Å². The van der Waals surface area contributed by atoms with Crippen LogP contribution >= 0.6 is 11.8 Å². The van der Waals surface area contributed by atoms with Crippen LogP contribution in [-0.4, -0.2) is 28.0 Å². The molecule has 2 aromatic heterocycles. The molecule has 2 heterocycles. The first-order valence-electron chi connectivity index (χ1n) is 6.85. The molecule has 0 bridgehead atoms. The van der Waals surface area contributed by atoms with Gasteiger partial charge in [0.15, 0.2) is 5.82 Å². The Hall–Kier alpha value is -2.81. The summed E-state index contributed by atoms with van der Waals surface area (Å²) in [5.74, 6) is 6.24. The van der Waals surface area contributed by atoms with Crippen LogP contribution < -0.4 is 5.84 Å². The number of nitrogens with two attached hydrogens (primary N) is 1. The summed E-state index contributed by atoms with van der Waals surface area (Å²) in [6, 6.07) is 9.37. The van der Waals surface area contributed by atoms with Gasteiger partial charge in [0.05, 0.1) is 18.4 Å². The summed E-state index contributed by atoms with van der Waals surface area (Å²) in [5.41, 5.74) is 0.269. The second-order valence-corrected chi connectivity index (χ2v) is 5.64. The van der Waals surface area contributed by atoms with Crippen LogP contribution in [0.25, 0.3) is 11.4 Å². The van der Waals surface area contributed by atoms with Gasteiger partial charge in [0.2, 0.25) is 10.9 Å².